The third kappa shape index (κ3) is 5.98. The fourth-order valence-corrected chi connectivity index (χ4v) is 6.61. The summed E-state index contributed by atoms with van der Waals surface area (Å²) in [5.41, 5.74) is 8.75. The van der Waals surface area contributed by atoms with Crippen LogP contribution in [0.2, 0.25) is 0 Å². The Morgan fingerprint density at radius 1 is 1.05 bits per heavy atom. The molecule has 0 spiro atoms. The Morgan fingerprint density at radius 3 is 2.51 bits per heavy atom. The van der Waals surface area contributed by atoms with Crippen LogP contribution < -0.4 is 10.0 Å². The lowest BCUT2D eigenvalue weighted by atomic mass is 10.0. The molecule has 0 saturated heterocycles. The Balaban J connectivity index is 1.53. The summed E-state index contributed by atoms with van der Waals surface area (Å²) in [7, 11) is -2.48. The predicted octanol–water partition coefficient (Wildman–Crippen LogP) is 4.58. The van der Waals surface area contributed by atoms with E-state index in [9.17, 15) is 18.0 Å². The number of nitrogens with one attached hydrogen (secondary N) is 1. The van der Waals surface area contributed by atoms with Crippen LogP contribution in [0.4, 0.5) is 5.69 Å². The molecule has 3 N–H and O–H groups in total. The number of aromatic nitrogens is 2. The topological polar surface area (TPSA) is 148 Å². The SMILES string of the molecule is CCOC(=O)CN(c1ccc2c(c1)c(C(=O)CCc1ccc(C(=N)N)cc1)cn2C)S(=O)(=O)c1cccc2cccnc12. The molecule has 0 amide bonds. The van der Waals surface area contributed by atoms with Gasteiger partial charge >= 0.3 is 5.97 Å². The molecular weight excluding hydrogens is 566 g/mol. The lowest BCUT2D eigenvalue weighted by molar-refractivity contribution is -0.141. The van der Waals surface area contributed by atoms with Crippen LogP contribution in [0.15, 0.2) is 90.1 Å². The Bertz CT molecular complexity index is 1960. The van der Waals surface area contributed by atoms with Crippen molar-refractivity contribution in [1.29, 1.82) is 5.41 Å². The zero-order chi connectivity index (χ0) is 30.7. The number of para-hydroxylation sites is 1. The predicted molar refractivity (Wildman–Crippen MR) is 166 cm³/mol. The molecule has 0 saturated carbocycles. The van der Waals surface area contributed by atoms with Gasteiger partial charge in [-0.1, -0.05) is 42.5 Å². The highest BCUT2D eigenvalue weighted by Crippen LogP contribution is 2.32. The Labute approximate surface area is 249 Å². The van der Waals surface area contributed by atoms with Gasteiger partial charge in [-0.05, 0) is 49.2 Å². The van der Waals surface area contributed by atoms with Gasteiger partial charge in [-0.25, -0.2) is 8.42 Å². The number of sulfonamides is 1. The number of hydrogen-bond donors (Lipinski definition) is 2. The van der Waals surface area contributed by atoms with Crippen molar-refractivity contribution in [2.24, 2.45) is 12.8 Å². The second kappa shape index (κ2) is 12.1. The number of benzene rings is 3. The number of aryl methyl sites for hydroxylation is 2. The van der Waals surface area contributed by atoms with E-state index in [4.69, 9.17) is 15.9 Å². The number of ether oxygens (including phenoxy) is 1. The van der Waals surface area contributed by atoms with Gasteiger partial charge < -0.3 is 15.0 Å². The number of hydrogen-bond acceptors (Lipinski definition) is 7. The molecule has 0 atom stereocenters. The monoisotopic (exact) mass is 597 g/mol. The quantitative estimate of drug-likeness (QED) is 0.0979. The highest BCUT2D eigenvalue weighted by atomic mass is 32.2. The number of nitrogens with two attached hydrogens (primary N) is 1. The number of rotatable bonds is 11. The smallest absolute Gasteiger partial charge is 0.326 e. The second-order valence-corrected chi connectivity index (χ2v) is 11.9. The van der Waals surface area contributed by atoms with Crippen LogP contribution in [0.1, 0.15) is 34.8 Å². The summed E-state index contributed by atoms with van der Waals surface area (Å²) in [6.45, 7) is 1.19. The summed E-state index contributed by atoms with van der Waals surface area (Å²) in [5.74, 6) is -0.846. The molecule has 0 unspecified atom stereocenters. The van der Waals surface area contributed by atoms with E-state index < -0.39 is 22.5 Å². The van der Waals surface area contributed by atoms with Crippen molar-refractivity contribution < 1.29 is 22.7 Å². The second-order valence-electron chi connectivity index (χ2n) is 10.0. The summed E-state index contributed by atoms with van der Waals surface area (Å²) in [5, 5.41) is 8.75. The number of fused-ring (bicyclic) bond motifs is 2. The lowest BCUT2D eigenvalue weighted by Crippen LogP contribution is -2.36. The highest BCUT2D eigenvalue weighted by molar-refractivity contribution is 7.93. The maximum Gasteiger partial charge on any atom is 0.326 e. The molecular formula is C32H31N5O5S. The first-order valence-electron chi connectivity index (χ1n) is 13.7. The number of nitrogens with zero attached hydrogens (tertiary/aromatic N) is 3. The van der Waals surface area contributed by atoms with E-state index in [-0.39, 0.29) is 40.7 Å². The normalized spacial score (nSPS) is 11.5. The Hall–Kier alpha value is -5.03. The van der Waals surface area contributed by atoms with Gasteiger partial charge in [-0.15, -0.1) is 0 Å². The van der Waals surface area contributed by atoms with E-state index in [0.717, 1.165) is 15.4 Å². The number of anilines is 1. The molecule has 0 radical (unpaired) electrons. The number of pyridine rings is 1. The largest absolute Gasteiger partial charge is 0.465 e. The van der Waals surface area contributed by atoms with Crippen LogP contribution in [-0.4, -0.2) is 48.7 Å². The Kier molecular flexibility index (Phi) is 8.27. The summed E-state index contributed by atoms with van der Waals surface area (Å²) in [6, 6.07) is 20.5. The molecule has 0 aliphatic carbocycles. The summed E-state index contributed by atoms with van der Waals surface area (Å²) in [4.78, 5) is 30.4. The molecule has 220 valence electrons. The van der Waals surface area contributed by atoms with Gasteiger partial charge in [0.25, 0.3) is 10.0 Å². The first kappa shape index (κ1) is 29.5. The van der Waals surface area contributed by atoms with Gasteiger partial charge in [0.15, 0.2) is 5.78 Å². The number of Topliss-reactive ketones (excluding diaryl/α,β-unsaturated/α-hetero) is 1. The van der Waals surface area contributed by atoms with E-state index in [1.807, 2.05) is 23.7 Å². The molecule has 2 aromatic heterocycles. The molecule has 5 rings (SSSR count). The fourth-order valence-electron chi connectivity index (χ4n) is 5.04. The summed E-state index contributed by atoms with van der Waals surface area (Å²) in [6.07, 6.45) is 3.94. The highest BCUT2D eigenvalue weighted by Gasteiger charge is 2.30. The molecule has 5 aromatic rings. The third-order valence-electron chi connectivity index (χ3n) is 7.21. The molecule has 10 nitrogen and oxygen atoms in total. The van der Waals surface area contributed by atoms with Gasteiger partial charge in [0.2, 0.25) is 0 Å². The molecule has 0 bridgehead atoms. The summed E-state index contributed by atoms with van der Waals surface area (Å²) >= 11 is 0. The molecule has 0 aliphatic rings. The third-order valence-corrected chi connectivity index (χ3v) is 9.01. The minimum Gasteiger partial charge on any atom is -0.465 e. The van der Waals surface area contributed by atoms with Crippen LogP contribution in [0.5, 0.6) is 0 Å². The first-order chi connectivity index (χ1) is 20.6. The Morgan fingerprint density at radius 2 is 1.79 bits per heavy atom. The number of ketones is 1. The molecule has 2 heterocycles. The number of esters is 1. The van der Waals surface area contributed by atoms with Crippen molar-refractivity contribution in [3.8, 4) is 0 Å². The van der Waals surface area contributed by atoms with Crippen molar-refractivity contribution in [3.63, 3.8) is 0 Å². The summed E-state index contributed by atoms with van der Waals surface area (Å²) < 4.78 is 36.3. The van der Waals surface area contributed by atoms with Gasteiger partial charge in [-0.3, -0.25) is 24.3 Å². The van der Waals surface area contributed by atoms with Gasteiger partial charge in [-0.2, -0.15) is 0 Å². The maximum absolute atomic E-state index is 14.2. The van der Waals surface area contributed by atoms with Gasteiger partial charge in [0, 0.05) is 53.3 Å². The maximum atomic E-state index is 14.2. The molecule has 0 aliphatic heterocycles. The lowest BCUT2D eigenvalue weighted by Gasteiger charge is -2.24. The van der Waals surface area contributed by atoms with Gasteiger partial charge in [0.05, 0.1) is 17.8 Å². The van der Waals surface area contributed by atoms with Crippen molar-refractivity contribution >= 4 is 55.1 Å². The minimum absolute atomic E-state index is 0.0232. The van der Waals surface area contributed by atoms with Crippen molar-refractivity contribution in [1.82, 2.24) is 9.55 Å². The van der Waals surface area contributed by atoms with Crippen LogP contribution in [0.25, 0.3) is 21.8 Å². The van der Waals surface area contributed by atoms with E-state index >= 15 is 0 Å². The first-order valence-corrected chi connectivity index (χ1v) is 15.1. The molecule has 3 aromatic carbocycles. The van der Waals surface area contributed by atoms with Crippen LogP contribution in [0, 0.1) is 5.41 Å². The molecule has 0 fully saturated rings. The molecule has 43 heavy (non-hydrogen) atoms. The average molecular weight is 598 g/mol. The number of carbonyl (C=O) groups is 2. The zero-order valence-corrected chi connectivity index (χ0v) is 24.6. The minimum atomic E-state index is -4.29. The van der Waals surface area contributed by atoms with E-state index in [0.29, 0.717) is 28.3 Å². The average Bonchev–Trinajstić information content (AvgIpc) is 3.34. The van der Waals surface area contributed by atoms with Gasteiger partial charge in [0.1, 0.15) is 17.3 Å². The van der Waals surface area contributed by atoms with E-state index in [2.05, 4.69) is 4.98 Å². The number of nitrogen functional groups attached to an aromatic ring is 1. The zero-order valence-electron chi connectivity index (χ0n) is 23.8. The van der Waals surface area contributed by atoms with Crippen LogP contribution in [0.3, 0.4) is 0 Å². The van der Waals surface area contributed by atoms with Crippen LogP contribution >= 0.6 is 0 Å². The number of carbonyl (C=O) groups excluding carboxylic acids is 2. The standard InChI is InChI=1S/C32H31N5O5S/c1-3-42-30(39)20-37(43(40,41)29-8-4-6-22-7-5-17-35-31(22)29)24-14-15-27-25(18-24)26(19-36(27)2)28(38)16-11-21-9-12-23(13-10-21)32(33)34/h4-10,12-15,17-19H,3,11,16,20H2,1-2H3,(H3,33,34). The van der Waals surface area contributed by atoms with Crippen LogP contribution in [-0.2, 0) is 33.0 Å². The fraction of sp³-hybridized carbons (Fsp3) is 0.188. The molecule has 11 heteroatoms. The van der Waals surface area contributed by atoms with Crippen molar-refractivity contribution in [3.05, 3.63) is 102 Å². The van der Waals surface area contributed by atoms with Crippen molar-refractivity contribution in [2.75, 3.05) is 17.5 Å². The van der Waals surface area contributed by atoms with Crippen molar-refractivity contribution in [2.45, 2.75) is 24.7 Å². The van der Waals surface area contributed by atoms with E-state index in [1.165, 1.54) is 12.3 Å². The van der Waals surface area contributed by atoms with E-state index in [1.54, 1.807) is 67.7 Å². The number of amidine groups is 1.